The van der Waals surface area contributed by atoms with Crippen molar-refractivity contribution >= 4 is 23.8 Å². The number of nitrogens with two attached hydrogens (primary N) is 1. The number of carboxylic acids is 2. The second kappa shape index (κ2) is 6.38. The van der Waals surface area contributed by atoms with Gasteiger partial charge in [-0.05, 0) is 0 Å². The van der Waals surface area contributed by atoms with Crippen molar-refractivity contribution in [3.63, 3.8) is 0 Å². The van der Waals surface area contributed by atoms with Gasteiger partial charge in [0.2, 0.25) is 11.8 Å². The van der Waals surface area contributed by atoms with Gasteiger partial charge in [0.1, 0.15) is 6.04 Å². The molecule has 1 atom stereocenters. The highest BCUT2D eigenvalue weighted by molar-refractivity contribution is 5.88. The molecule has 0 aliphatic heterocycles. The maximum absolute atomic E-state index is 11.1. The molecule has 5 N–H and O–H groups in total. The molecule has 0 saturated carbocycles. The van der Waals surface area contributed by atoms with Crippen LogP contribution in [0.5, 0.6) is 0 Å². The standard InChI is InChI=1S/C8H12N2O6/c9-5(11)3-4(8(15)16)10-6(12)1-2-7(13)14/h4H,1-3H2,(H2,9,11)(H,10,12)(H,13,14)(H,15,16). The van der Waals surface area contributed by atoms with E-state index >= 15 is 0 Å². The number of primary amides is 1. The van der Waals surface area contributed by atoms with Gasteiger partial charge in [0.15, 0.2) is 0 Å². The molecule has 1 unspecified atom stereocenters. The fourth-order valence-electron chi connectivity index (χ4n) is 0.888. The molecular weight excluding hydrogens is 220 g/mol. The molecule has 0 aromatic heterocycles. The molecule has 0 rings (SSSR count). The molecule has 0 fully saturated rings. The summed E-state index contributed by atoms with van der Waals surface area (Å²) >= 11 is 0. The van der Waals surface area contributed by atoms with Crippen LogP contribution < -0.4 is 11.1 Å². The van der Waals surface area contributed by atoms with Crippen LogP contribution >= 0.6 is 0 Å². The number of carboxylic acid groups (broad SMARTS) is 2. The average Bonchev–Trinajstić information content (AvgIpc) is 2.12. The summed E-state index contributed by atoms with van der Waals surface area (Å²) in [4.78, 5) is 42.2. The molecule has 0 spiro atoms. The number of hydrogen-bond donors (Lipinski definition) is 4. The first kappa shape index (κ1) is 13.9. The third-order valence-electron chi connectivity index (χ3n) is 1.60. The van der Waals surface area contributed by atoms with E-state index in [1.165, 1.54) is 0 Å². The van der Waals surface area contributed by atoms with Crippen molar-refractivity contribution in [3.8, 4) is 0 Å². The van der Waals surface area contributed by atoms with Gasteiger partial charge in [0, 0.05) is 6.42 Å². The summed E-state index contributed by atoms with van der Waals surface area (Å²) < 4.78 is 0. The monoisotopic (exact) mass is 232 g/mol. The van der Waals surface area contributed by atoms with Crippen molar-refractivity contribution in [2.24, 2.45) is 5.73 Å². The third-order valence-corrected chi connectivity index (χ3v) is 1.60. The molecular formula is C8H12N2O6. The molecule has 16 heavy (non-hydrogen) atoms. The Morgan fingerprint density at radius 1 is 1.12 bits per heavy atom. The van der Waals surface area contributed by atoms with Crippen LogP contribution in [-0.2, 0) is 19.2 Å². The van der Waals surface area contributed by atoms with E-state index in [0.29, 0.717) is 0 Å². The zero-order valence-corrected chi connectivity index (χ0v) is 8.30. The molecule has 0 aliphatic rings. The minimum atomic E-state index is -1.42. The largest absolute Gasteiger partial charge is 0.481 e. The van der Waals surface area contributed by atoms with Gasteiger partial charge in [-0.2, -0.15) is 0 Å². The topological polar surface area (TPSA) is 147 Å². The molecule has 2 amide bonds. The molecule has 0 aromatic carbocycles. The van der Waals surface area contributed by atoms with Gasteiger partial charge >= 0.3 is 11.9 Å². The molecule has 0 saturated heterocycles. The van der Waals surface area contributed by atoms with Gasteiger partial charge < -0.3 is 21.3 Å². The summed E-state index contributed by atoms with van der Waals surface area (Å²) in [7, 11) is 0. The Hall–Kier alpha value is -2.12. The molecule has 0 aliphatic carbocycles. The molecule has 0 bridgehead atoms. The van der Waals surface area contributed by atoms with E-state index < -0.39 is 42.6 Å². The first-order valence-electron chi connectivity index (χ1n) is 4.35. The van der Waals surface area contributed by atoms with Crippen molar-refractivity contribution < 1.29 is 29.4 Å². The van der Waals surface area contributed by atoms with Crippen LogP contribution in [0.3, 0.4) is 0 Å². The quantitative estimate of drug-likeness (QED) is 0.411. The maximum Gasteiger partial charge on any atom is 0.326 e. The van der Waals surface area contributed by atoms with E-state index in [1.807, 2.05) is 5.32 Å². The van der Waals surface area contributed by atoms with Crippen LogP contribution in [0.15, 0.2) is 0 Å². The van der Waals surface area contributed by atoms with Crippen molar-refractivity contribution in [2.75, 3.05) is 0 Å². The lowest BCUT2D eigenvalue weighted by molar-refractivity contribution is -0.143. The highest BCUT2D eigenvalue weighted by Gasteiger charge is 2.22. The van der Waals surface area contributed by atoms with Crippen LogP contribution in [0.25, 0.3) is 0 Å². The van der Waals surface area contributed by atoms with Gasteiger partial charge in [-0.3, -0.25) is 14.4 Å². The summed E-state index contributed by atoms with van der Waals surface area (Å²) in [6.07, 6.45) is -1.29. The summed E-state index contributed by atoms with van der Waals surface area (Å²) in [5.74, 6) is -4.19. The van der Waals surface area contributed by atoms with Crippen LogP contribution in [0.4, 0.5) is 0 Å². The van der Waals surface area contributed by atoms with E-state index in [2.05, 4.69) is 0 Å². The lowest BCUT2D eigenvalue weighted by atomic mass is 10.2. The number of amides is 2. The van der Waals surface area contributed by atoms with Crippen molar-refractivity contribution in [1.29, 1.82) is 0 Å². The van der Waals surface area contributed by atoms with Crippen LogP contribution in [0.1, 0.15) is 19.3 Å². The molecule has 90 valence electrons. The Morgan fingerprint density at radius 2 is 1.69 bits per heavy atom. The van der Waals surface area contributed by atoms with Crippen LogP contribution in [-0.4, -0.2) is 40.0 Å². The third kappa shape index (κ3) is 6.35. The predicted octanol–water partition coefficient (Wildman–Crippen LogP) is -1.70. The number of carbonyl (C=O) groups excluding carboxylic acids is 2. The Kier molecular flexibility index (Phi) is 5.53. The zero-order valence-electron chi connectivity index (χ0n) is 8.30. The second-order valence-corrected chi connectivity index (χ2v) is 3.02. The molecule has 8 nitrogen and oxygen atoms in total. The van der Waals surface area contributed by atoms with Gasteiger partial charge in [-0.25, -0.2) is 4.79 Å². The first-order valence-corrected chi connectivity index (χ1v) is 4.35. The van der Waals surface area contributed by atoms with E-state index in [9.17, 15) is 19.2 Å². The zero-order chi connectivity index (χ0) is 12.7. The van der Waals surface area contributed by atoms with E-state index in [-0.39, 0.29) is 6.42 Å². The summed E-state index contributed by atoms with van der Waals surface area (Å²) in [5, 5.41) is 18.9. The minimum Gasteiger partial charge on any atom is -0.481 e. The minimum absolute atomic E-state index is 0.349. The lowest BCUT2D eigenvalue weighted by Gasteiger charge is -2.11. The summed E-state index contributed by atoms with van der Waals surface area (Å²) in [6.45, 7) is 0. The van der Waals surface area contributed by atoms with Gasteiger partial charge in [-0.1, -0.05) is 0 Å². The fourth-order valence-corrected chi connectivity index (χ4v) is 0.888. The lowest BCUT2D eigenvalue weighted by Crippen LogP contribution is -2.43. The Labute approximate surface area is 90.4 Å². The number of carbonyl (C=O) groups is 4. The van der Waals surface area contributed by atoms with Gasteiger partial charge in [-0.15, -0.1) is 0 Å². The van der Waals surface area contributed by atoms with Gasteiger partial charge in [0.05, 0.1) is 12.8 Å². The van der Waals surface area contributed by atoms with E-state index in [0.717, 1.165) is 0 Å². The average molecular weight is 232 g/mol. The molecule has 8 heteroatoms. The Morgan fingerprint density at radius 3 is 2.06 bits per heavy atom. The molecule has 0 radical (unpaired) electrons. The van der Waals surface area contributed by atoms with E-state index in [4.69, 9.17) is 15.9 Å². The van der Waals surface area contributed by atoms with Crippen LogP contribution in [0.2, 0.25) is 0 Å². The normalized spacial score (nSPS) is 11.5. The SMILES string of the molecule is NC(=O)CC(NC(=O)CCC(=O)O)C(=O)O. The Balaban J connectivity index is 4.18. The second-order valence-electron chi connectivity index (χ2n) is 3.02. The van der Waals surface area contributed by atoms with Crippen molar-refractivity contribution in [1.82, 2.24) is 5.32 Å². The highest BCUT2D eigenvalue weighted by Crippen LogP contribution is 1.95. The molecule has 0 heterocycles. The van der Waals surface area contributed by atoms with Gasteiger partial charge in [0.25, 0.3) is 0 Å². The first-order chi connectivity index (χ1) is 7.32. The van der Waals surface area contributed by atoms with Crippen LogP contribution in [0, 0.1) is 0 Å². The smallest absolute Gasteiger partial charge is 0.326 e. The predicted molar refractivity (Wildman–Crippen MR) is 50.2 cm³/mol. The summed E-state index contributed by atoms with van der Waals surface area (Å²) in [5.41, 5.74) is 4.78. The highest BCUT2D eigenvalue weighted by atomic mass is 16.4. The summed E-state index contributed by atoms with van der Waals surface area (Å²) in [6, 6.07) is -1.42. The number of rotatable bonds is 7. The fraction of sp³-hybridized carbons (Fsp3) is 0.500. The van der Waals surface area contributed by atoms with Crippen molar-refractivity contribution in [3.05, 3.63) is 0 Å². The Bertz CT molecular complexity index is 314. The van der Waals surface area contributed by atoms with Crippen molar-refractivity contribution in [2.45, 2.75) is 25.3 Å². The number of nitrogens with one attached hydrogen (secondary N) is 1. The maximum atomic E-state index is 11.1. The number of aliphatic carboxylic acids is 2. The number of hydrogen-bond acceptors (Lipinski definition) is 4. The molecule has 0 aromatic rings. The van der Waals surface area contributed by atoms with E-state index in [1.54, 1.807) is 0 Å².